The zero-order valence-corrected chi connectivity index (χ0v) is 15.8. The van der Waals surface area contributed by atoms with Crippen molar-refractivity contribution in [2.45, 2.75) is 42.8 Å². The number of rotatable bonds is 4. The fraction of sp³-hybridized carbons (Fsp3) is 0.611. The van der Waals surface area contributed by atoms with E-state index < -0.39 is 18.0 Å². The molecule has 1 aliphatic carbocycles. The Morgan fingerprint density at radius 2 is 2.07 bits per heavy atom. The van der Waals surface area contributed by atoms with Gasteiger partial charge in [-0.05, 0) is 69.3 Å². The Morgan fingerprint density at radius 1 is 1.30 bits per heavy atom. The molecule has 2 aliphatic heterocycles. The summed E-state index contributed by atoms with van der Waals surface area (Å²) in [5.74, 6) is 0.530. The summed E-state index contributed by atoms with van der Waals surface area (Å²) in [4.78, 5) is 6.44. The van der Waals surface area contributed by atoms with E-state index in [1.54, 1.807) is 7.05 Å². The highest BCUT2D eigenvalue weighted by atomic mass is 32.2. The molecule has 3 aliphatic rings. The van der Waals surface area contributed by atoms with Crippen molar-refractivity contribution in [1.82, 2.24) is 10.0 Å². The topological polar surface area (TPSA) is 39.7 Å². The van der Waals surface area contributed by atoms with Gasteiger partial charge in [-0.25, -0.2) is 9.38 Å². The first-order valence-electron chi connectivity index (χ1n) is 9.19. The van der Waals surface area contributed by atoms with Crippen molar-refractivity contribution < 1.29 is 17.6 Å². The van der Waals surface area contributed by atoms with Crippen LogP contribution in [0.3, 0.4) is 0 Å². The molecule has 148 valence electrons. The molecule has 2 heterocycles. The second-order valence-electron chi connectivity index (χ2n) is 7.45. The molecule has 1 aromatic rings. The van der Waals surface area contributed by atoms with E-state index in [1.165, 1.54) is 29.0 Å². The Balaban J connectivity index is 1.72. The van der Waals surface area contributed by atoms with Crippen LogP contribution >= 0.6 is 11.9 Å². The van der Waals surface area contributed by atoms with Gasteiger partial charge in [0.2, 0.25) is 0 Å². The first-order valence-corrected chi connectivity index (χ1v) is 10.0. The van der Waals surface area contributed by atoms with Gasteiger partial charge in [-0.15, -0.1) is 0 Å². The summed E-state index contributed by atoms with van der Waals surface area (Å²) in [7, 11) is 1.75. The molecule has 1 aromatic carbocycles. The molecule has 0 unspecified atom stereocenters. The Hall–Kier alpha value is -1.48. The highest BCUT2D eigenvalue weighted by Crippen LogP contribution is 2.47. The number of benzene rings is 1. The van der Waals surface area contributed by atoms with E-state index in [4.69, 9.17) is 0 Å². The molecule has 2 atom stereocenters. The standard InChI is InChI=1S/C18H22F4N4S/c1-23-9-10-4-5-26(15(6-10)18(20,21)22)13-7-12(19)8-14-16(13)24-17(25-27-14)11-2-3-11/h7-8,10-11,15,23H,2-6,9H2,1H3,(H,24,25)/t10-,15+/m0/s1. The number of amidine groups is 1. The smallest absolute Gasteiger partial charge is 0.358 e. The molecule has 9 heteroatoms. The van der Waals surface area contributed by atoms with Crippen LogP contribution in [-0.4, -0.2) is 38.2 Å². The predicted octanol–water partition coefficient (Wildman–Crippen LogP) is 4.24. The number of hydrogen-bond donors (Lipinski definition) is 2. The number of piperidine rings is 1. The molecular weight excluding hydrogens is 380 g/mol. The van der Waals surface area contributed by atoms with E-state index >= 15 is 0 Å². The highest BCUT2D eigenvalue weighted by Gasteiger charge is 2.47. The largest absolute Gasteiger partial charge is 0.408 e. The highest BCUT2D eigenvalue weighted by molar-refractivity contribution is 7.98. The number of aliphatic imine (C=N–C) groups is 1. The van der Waals surface area contributed by atoms with Crippen molar-refractivity contribution in [1.29, 1.82) is 0 Å². The minimum Gasteiger partial charge on any atom is -0.358 e. The summed E-state index contributed by atoms with van der Waals surface area (Å²) in [5, 5.41) is 2.97. The molecule has 2 N–H and O–H groups in total. The lowest BCUT2D eigenvalue weighted by molar-refractivity contribution is -0.155. The van der Waals surface area contributed by atoms with E-state index in [2.05, 4.69) is 15.0 Å². The average molecular weight is 402 g/mol. The number of anilines is 1. The number of hydrogen-bond acceptors (Lipinski definition) is 5. The maximum atomic E-state index is 14.2. The van der Waals surface area contributed by atoms with Crippen LogP contribution in [0.1, 0.15) is 25.7 Å². The lowest BCUT2D eigenvalue weighted by Crippen LogP contribution is -2.52. The van der Waals surface area contributed by atoms with Gasteiger partial charge in [0.15, 0.2) is 0 Å². The number of nitrogens with zero attached hydrogens (tertiary/aromatic N) is 2. The van der Waals surface area contributed by atoms with E-state index in [-0.39, 0.29) is 24.6 Å². The predicted molar refractivity (Wildman–Crippen MR) is 99.1 cm³/mol. The van der Waals surface area contributed by atoms with Gasteiger partial charge in [0.25, 0.3) is 0 Å². The monoisotopic (exact) mass is 402 g/mol. The molecule has 0 bridgehead atoms. The SMILES string of the molecule is CNC[C@H]1CCN(c2cc(F)cc3c2N=C(C2CC2)NS3)[C@@H](C(F)(F)F)C1. The van der Waals surface area contributed by atoms with Crippen molar-refractivity contribution in [3.8, 4) is 0 Å². The van der Waals surface area contributed by atoms with Gasteiger partial charge < -0.3 is 14.9 Å². The summed E-state index contributed by atoms with van der Waals surface area (Å²) in [6.45, 7) is 0.782. The average Bonchev–Trinajstić information content (AvgIpc) is 3.45. The van der Waals surface area contributed by atoms with Gasteiger partial charge in [-0.3, -0.25) is 0 Å². The fourth-order valence-electron chi connectivity index (χ4n) is 3.86. The second-order valence-corrected chi connectivity index (χ2v) is 8.29. The molecule has 1 saturated carbocycles. The van der Waals surface area contributed by atoms with Crippen LogP contribution in [0, 0.1) is 17.7 Å². The van der Waals surface area contributed by atoms with Crippen LogP contribution in [0.15, 0.2) is 22.0 Å². The van der Waals surface area contributed by atoms with Crippen molar-refractivity contribution in [3.05, 3.63) is 17.9 Å². The third-order valence-corrected chi connectivity index (χ3v) is 6.21. The normalized spacial score (nSPS) is 25.7. The van der Waals surface area contributed by atoms with Gasteiger partial charge in [0, 0.05) is 12.5 Å². The summed E-state index contributed by atoms with van der Waals surface area (Å²) in [6, 6.07) is 0.908. The minimum atomic E-state index is -4.38. The van der Waals surface area contributed by atoms with Gasteiger partial charge >= 0.3 is 6.18 Å². The van der Waals surface area contributed by atoms with Crippen LogP contribution in [-0.2, 0) is 0 Å². The number of nitrogens with one attached hydrogen (secondary N) is 2. The van der Waals surface area contributed by atoms with E-state index in [9.17, 15) is 17.6 Å². The van der Waals surface area contributed by atoms with Crippen molar-refractivity contribution >= 4 is 29.2 Å². The molecule has 2 fully saturated rings. The second kappa shape index (κ2) is 7.16. The molecule has 27 heavy (non-hydrogen) atoms. The summed E-state index contributed by atoms with van der Waals surface area (Å²) < 4.78 is 58.8. The molecule has 0 amide bonds. The molecule has 4 rings (SSSR count). The number of fused-ring (bicyclic) bond motifs is 1. The fourth-order valence-corrected chi connectivity index (χ4v) is 4.71. The summed E-state index contributed by atoms with van der Waals surface area (Å²) in [5.41, 5.74) is 0.714. The van der Waals surface area contributed by atoms with E-state index in [0.29, 0.717) is 29.5 Å². The summed E-state index contributed by atoms with van der Waals surface area (Å²) in [6.07, 6.45) is -1.70. The third kappa shape index (κ3) is 3.89. The minimum absolute atomic E-state index is 0.000214. The van der Waals surface area contributed by atoms with Gasteiger partial charge in [0.05, 0.1) is 10.6 Å². The van der Waals surface area contributed by atoms with Crippen LogP contribution in [0.4, 0.5) is 28.9 Å². The number of halogens is 4. The van der Waals surface area contributed by atoms with Crippen LogP contribution < -0.4 is 14.9 Å². The maximum absolute atomic E-state index is 14.2. The third-order valence-electron chi connectivity index (χ3n) is 5.37. The first kappa shape index (κ1) is 18.9. The first-order chi connectivity index (χ1) is 12.9. The molecular formula is C18H22F4N4S. The van der Waals surface area contributed by atoms with Crippen LogP contribution in [0.2, 0.25) is 0 Å². The quantitative estimate of drug-likeness (QED) is 0.584. The van der Waals surface area contributed by atoms with Gasteiger partial charge in [-0.1, -0.05) is 0 Å². The van der Waals surface area contributed by atoms with Crippen LogP contribution in [0.5, 0.6) is 0 Å². The maximum Gasteiger partial charge on any atom is 0.408 e. The lowest BCUT2D eigenvalue weighted by atomic mass is 9.89. The number of alkyl halides is 3. The van der Waals surface area contributed by atoms with Crippen molar-refractivity contribution in [3.63, 3.8) is 0 Å². The van der Waals surface area contributed by atoms with Crippen LogP contribution in [0.25, 0.3) is 0 Å². The molecule has 0 spiro atoms. The Bertz CT molecular complexity index is 748. The molecule has 0 aromatic heterocycles. The Morgan fingerprint density at radius 3 is 2.74 bits per heavy atom. The Kier molecular flexibility index (Phi) is 5.00. The van der Waals surface area contributed by atoms with Crippen molar-refractivity contribution in [2.75, 3.05) is 25.0 Å². The summed E-state index contributed by atoms with van der Waals surface area (Å²) >= 11 is 1.24. The van der Waals surface area contributed by atoms with E-state index in [0.717, 1.165) is 18.7 Å². The Labute approximate surface area is 159 Å². The molecule has 4 nitrogen and oxygen atoms in total. The van der Waals surface area contributed by atoms with Gasteiger partial charge in [0.1, 0.15) is 23.4 Å². The lowest BCUT2D eigenvalue weighted by Gasteiger charge is -2.42. The molecule has 0 radical (unpaired) electrons. The molecule has 1 saturated heterocycles. The van der Waals surface area contributed by atoms with Gasteiger partial charge in [-0.2, -0.15) is 13.2 Å². The zero-order chi connectivity index (χ0) is 19.2. The van der Waals surface area contributed by atoms with E-state index in [1.807, 2.05) is 0 Å². The zero-order valence-electron chi connectivity index (χ0n) is 14.9. The van der Waals surface area contributed by atoms with Crippen molar-refractivity contribution in [2.24, 2.45) is 16.8 Å².